The van der Waals surface area contributed by atoms with Crippen molar-refractivity contribution in [2.24, 2.45) is 0 Å². The van der Waals surface area contributed by atoms with Crippen LogP contribution < -0.4 is 19.9 Å². The van der Waals surface area contributed by atoms with E-state index in [1.807, 2.05) is 42.5 Å². The molecular weight excluding hydrogens is 350 g/mol. The first-order valence-corrected chi connectivity index (χ1v) is 10.3. The van der Waals surface area contributed by atoms with Gasteiger partial charge in [-0.05, 0) is 43.2 Å². The van der Waals surface area contributed by atoms with E-state index in [0.29, 0.717) is 6.54 Å². The molecule has 0 spiro atoms. The Bertz CT molecular complexity index is 756. The minimum absolute atomic E-state index is 0.114. The van der Waals surface area contributed by atoms with Crippen molar-refractivity contribution in [3.05, 3.63) is 59.7 Å². The summed E-state index contributed by atoms with van der Waals surface area (Å²) in [4.78, 5) is 15.4. The summed E-state index contributed by atoms with van der Waals surface area (Å²) >= 11 is 0. The third-order valence-electron chi connectivity index (χ3n) is 5.64. The van der Waals surface area contributed by atoms with Crippen molar-refractivity contribution in [3.63, 3.8) is 0 Å². The summed E-state index contributed by atoms with van der Waals surface area (Å²) in [5.74, 6) is 1.06. The zero-order valence-corrected chi connectivity index (χ0v) is 17.1. The van der Waals surface area contributed by atoms with E-state index in [9.17, 15) is 4.79 Å². The van der Waals surface area contributed by atoms with Gasteiger partial charge in [-0.25, -0.2) is 0 Å². The van der Waals surface area contributed by atoms with Crippen LogP contribution in [0.2, 0.25) is 0 Å². The number of benzene rings is 2. The lowest BCUT2D eigenvalue weighted by Gasteiger charge is -2.29. The van der Waals surface area contributed by atoms with E-state index in [-0.39, 0.29) is 5.91 Å². The molecule has 2 aromatic rings. The number of amides is 1. The van der Waals surface area contributed by atoms with Gasteiger partial charge >= 0.3 is 0 Å². The maximum atomic E-state index is 12.4. The second-order valence-corrected chi connectivity index (χ2v) is 7.74. The maximum Gasteiger partial charge on any atom is 0.279 e. The number of para-hydroxylation sites is 1. The van der Waals surface area contributed by atoms with Crippen molar-refractivity contribution < 1.29 is 19.3 Å². The van der Waals surface area contributed by atoms with Crippen molar-refractivity contribution in [2.75, 3.05) is 51.2 Å². The van der Waals surface area contributed by atoms with Crippen LogP contribution in [0.5, 0.6) is 5.75 Å². The number of anilines is 1. The molecule has 3 N–H and O–H groups in total. The summed E-state index contributed by atoms with van der Waals surface area (Å²) in [6.45, 7) is 10.9. The first-order chi connectivity index (χ1) is 13.6. The normalized spacial score (nSPS) is 19.2. The molecule has 1 fully saturated rings. The monoisotopic (exact) mass is 383 g/mol. The predicted molar refractivity (Wildman–Crippen MR) is 112 cm³/mol. The molecule has 150 valence electrons. The molecule has 2 aromatic carbocycles. The van der Waals surface area contributed by atoms with E-state index in [2.05, 4.69) is 25.2 Å². The Morgan fingerprint density at radius 3 is 2.43 bits per heavy atom. The van der Waals surface area contributed by atoms with Crippen LogP contribution in [0.4, 0.5) is 5.69 Å². The highest BCUT2D eigenvalue weighted by Crippen LogP contribution is 2.17. The van der Waals surface area contributed by atoms with Gasteiger partial charge < -0.3 is 19.9 Å². The van der Waals surface area contributed by atoms with Gasteiger partial charge in [-0.3, -0.25) is 4.79 Å². The molecule has 1 saturated heterocycles. The van der Waals surface area contributed by atoms with Crippen molar-refractivity contribution in [3.8, 4) is 5.75 Å². The van der Waals surface area contributed by atoms with Crippen molar-refractivity contribution in [1.29, 1.82) is 0 Å². The fourth-order valence-corrected chi connectivity index (χ4v) is 3.72. The minimum atomic E-state index is 0.114. The van der Waals surface area contributed by atoms with E-state index in [4.69, 9.17) is 4.74 Å². The number of nitrogens with one attached hydrogen (secondary N) is 3. The van der Waals surface area contributed by atoms with E-state index >= 15 is 0 Å². The number of ether oxygens (including phenoxy) is 1. The Morgan fingerprint density at radius 1 is 0.964 bits per heavy atom. The van der Waals surface area contributed by atoms with E-state index in [0.717, 1.165) is 62.8 Å². The molecule has 0 bridgehead atoms. The van der Waals surface area contributed by atoms with E-state index in [1.165, 1.54) is 10.5 Å². The van der Waals surface area contributed by atoms with Gasteiger partial charge in [0.1, 0.15) is 31.9 Å². The lowest BCUT2D eigenvalue weighted by molar-refractivity contribution is -1.01. The molecule has 0 atom stereocenters. The maximum absolute atomic E-state index is 12.4. The molecule has 28 heavy (non-hydrogen) atoms. The molecule has 5 heteroatoms. The lowest BCUT2D eigenvalue weighted by atomic mass is 10.1. The standard InChI is InChI=1S/C23H31N3O2/c1-19-8-6-11-22(20(19)2)24-23(27)18-26-15-13-25(14-16-26)12-7-17-28-21-9-4-3-5-10-21/h3-6,8-11H,7,12-18H2,1-2H3,(H,24,27)/p+2. The zero-order valence-electron chi connectivity index (χ0n) is 17.1. The summed E-state index contributed by atoms with van der Waals surface area (Å²) in [7, 11) is 0. The highest BCUT2D eigenvalue weighted by Gasteiger charge is 2.24. The van der Waals surface area contributed by atoms with Crippen molar-refractivity contribution in [2.45, 2.75) is 20.3 Å². The first kappa shape index (κ1) is 20.4. The molecule has 5 nitrogen and oxygen atoms in total. The third-order valence-corrected chi connectivity index (χ3v) is 5.64. The number of carbonyl (C=O) groups excluding carboxylic acids is 1. The first-order valence-electron chi connectivity index (χ1n) is 10.3. The zero-order chi connectivity index (χ0) is 19.8. The van der Waals surface area contributed by atoms with Gasteiger partial charge in [0.25, 0.3) is 5.91 Å². The fourth-order valence-electron chi connectivity index (χ4n) is 3.72. The van der Waals surface area contributed by atoms with Crippen molar-refractivity contribution >= 4 is 11.6 Å². The van der Waals surface area contributed by atoms with Crippen LogP contribution in [0.1, 0.15) is 17.5 Å². The van der Waals surface area contributed by atoms with Gasteiger partial charge in [0.2, 0.25) is 0 Å². The number of aryl methyl sites for hydroxylation is 1. The Morgan fingerprint density at radius 2 is 1.68 bits per heavy atom. The number of piperazine rings is 1. The van der Waals surface area contributed by atoms with Crippen molar-refractivity contribution in [1.82, 2.24) is 0 Å². The Labute approximate surface area is 168 Å². The predicted octanol–water partition coefficient (Wildman–Crippen LogP) is 0.494. The summed E-state index contributed by atoms with van der Waals surface area (Å²) in [6, 6.07) is 16.0. The van der Waals surface area contributed by atoms with Crippen LogP contribution in [0.3, 0.4) is 0 Å². The quantitative estimate of drug-likeness (QED) is 0.581. The molecule has 0 unspecified atom stereocenters. The van der Waals surface area contributed by atoms with Crippen LogP contribution >= 0.6 is 0 Å². The largest absolute Gasteiger partial charge is 0.493 e. The molecule has 0 aromatic heterocycles. The highest BCUT2D eigenvalue weighted by atomic mass is 16.5. The molecule has 1 aliphatic rings. The summed E-state index contributed by atoms with van der Waals surface area (Å²) in [5.41, 5.74) is 3.29. The Balaban J connectivity index is 1.32. The summed E-state index contributed by atoms with van der Waals surface area (Å²) in [6.07, 6.45) is 1.06. The Hall–Kier alpha value is -2.37. The molecule has 0 saturated carbocycles. The van der Waals surface area contributed by atoms with Crippen LogP contribution in [0, 0.1) is 13.8 Å². The van der Waals surface area contributed by atoms with E-state index < -0.39 is 0 Å². The molecule has 1 heterocycles. The second kappa shape index (κ2) is 10.2. The molecule has 0 aliphatic carbocycles. The highest BCUT2D eigenvalue weighted by molar-refractivity contribution is 5.92. The van der Waals surface area contributed by atoms with Gasteiger partial charge in [-0.1, -0.05) is 30.3 Å². The number of rotatable bonds is 8. The van der Waals surface area contributed by atoms with Crippen LogP contribution in [-0.2, 0) is 4.79 Å². The second-order valence-electron chi connectivity index (χ2n) is 7.74. The van der Waals surface area contributed by atoms with Gasteiger partial charge in [0.05, 0.1) is 13.2 Å². The van der Waals surface area contributed by atoms with E-state index in [1.54, 1.807) is 4.90 Å². The topological polar surface area (TPSA) is 47.2 Å². The molecule has 1 amide bonds. The fraction of sp³-hybridized carbons (Fsp3) is 0.435. The van der Waals surface area contributed by atoms with Gasteiger partial charge in [-0.15, -0.1) is 0 Å². The number of quaternary nitrogens is 2. The number of hydrogen-bond donors (Lipinski definition) is 3. The number of hydrogen-bond acceptors (Lipinski definition) is 2. The summed E-state index contributed by atoms with van der Waals surface area (Å²) in [5, 5.41) is 3.08. The van der Waals surface area contributed by atoms with Gasteiger partial charge in [0.15, 0.2) is 6.54 Å². The molecular formula is C23H33N3O2+2. The SMILES string of the molecule is Cc1cccc(NC(=O)C[NH+]2CC[NH+](CCCOc3ccccc3)CC2)c1C. The smallest absolute Gasteiger partial charge is 0.279 e. The third kappa shape index (κ3) is 6.08. The van der Waals surface area contributed by atoms with Crippen LogP contribution in [0.25, 0.3) is 0 Å². The average Bonchev–Trinajstić information content (AvgIpc) is 2.71. The molecule has 1 aliphatic heterocycles. The van der Waals surface area contributed by atoms with Gasteiger partial charge in [0, 0.05) is 12.1 Å². The van der Waals surface area contributed by atoms with Crippen LogP contribution in [0.15, 0.2) is 48.5 Å². The number of carbonyl (C=O) groups is 1. The lowest BCUT2D eigenvalue weighted by Crippen LogP contribution is -3.28. The molecule has 0 radical (unpaired) electrons. The molecule has 3 rings (SSSR count). The van der Waals surface area contributed by atoms with Crippen LogP contribution in [-0.4, -0.2) is 51.8 Å². The minimum Gasteiger partial charge on any atom is -0.493 e. The average molecular weight is 384 g/mol. The Kier molecular flexibility index (Phi) is 7.46. The summed E-state index contributed by atoms with van der Waals surface area (Å²) < 4.78 is 5.77. The van der Waals surface area contributed by atoms with Gasteiger partial charge in [-0.2, -0.15) is 0 Å².